The van der Waals surface area contributed by atoms with Gasteiger partial charge in [0, 0.05) is 11.1 Å². The van der Waals surface area contributed by atoms with Crippen LogP contribution in [0, 0.1) is 5.41 Å². The van der Waals surface area contributed by atoms with Crippen LogP contribution in [-0.2, 0) is 0 Å². The van der Waals surface area contributed by atoms with Gasteiger partial charge in [-0.2, -0.15) is 13.2 Å². The van der Waals surface area contributed by atoms with Gasteiger partial charge in [-0.1, -0.05) is 41.5 Å². The molecule has 0 radical (unpaired) electrons. The van der Waals surface area contributed by atoms with Crippen molar-refractivity contribution in [3.8, 4) is 0 Å². The molecule has 0 heterocycles. The fraction of sp³-hybridized carbons (Fsp3) is 1.00. The van der Waals surface area contributed by atoms with Gasteiger partial charge in [-0.25, -0.2) is 0 Å². The Kier molecular flexibility index (Phi) is 5.75. The van der Waals surface area contributed by atoms with Crippen LogP contribution < -0.4 is 0 Å². The normalized spacial score (nSPS) is 17.1. The highest BCUT2D eigenvalue weighted by atomic mass is 79.9. The van der Waals surface area contributed by atoms with Crippen molar-refractivity contribution in [2.75, 3.05) is 11.1 Å². The molecule has 1 atom stereocenters. The SMILES string of the molecule is CCC(C)(CBr)CCSC(F)(F)F. The first-order valence-electron chi connectivity index (χ1n) is 4.09. The maximum absolute atomic E-state index is 11.8. The second kappa shape index (κ2) is 5.49. The minimum atomic E-state index is -4.08. The average molecular weight is 279 g/mol. The monoisotopic (exact) mass is 278 g/mol. The van der Waals surface area contributed by atoms with Crippen LogP contribution in [0.2, 0.25) is 0 Å². The third kappa shape index (κ3) is 6.66. The Labute approximate surface area is 89.8 Å². The van der Waals surface area contributed by atoms with E-state index in [0.717, 1.165) is 11.8 Å². The Morgan fingerprint density at radius 1 is 1.31 bits per heavy atom. The molecule has 0 amide bonds. The molecule has 5 heteroatoms. The summed E-state index contributed by atoms with van der Waals surface area (Å²) in [4.78, 5) is 0. The summed E-state index contributed by atoms with van der Waals surface area (Å²) in [5, 5.41) is 0.759. The largest absolute Gasteiger partial charge is 0.441 e. The topological polar surface area (TPSA) is 0 Å². The van der Waals surface area contributed by atoms with Crippen LogP contribution in [0.25, 0.3) is 0 Å². The summed E-state index contributed by atoms with van der Waals surface area (Å²) in [6.45, 7) is 4.00. The average Bonchev–Trinajstić information content (AvgIpc) is 2.02. The summed E-state index contributed by atoms with van der Waals surface area (Å²) in [5.74, 6) is 0.152. The Hall–Kier alpha value is 0.620. The molecular formula is C8H14BrF3S. The van der Waals surface area contributed by atoms with E-state index in [-0.39, 0.29) is 22.9 Å². The molecular weight excluding hydrogens is 265 g/mol. The van der Waals surface area contributed by atoms with Crippen LogP contribution in [-0.4, -0.2) is 16.6 Å². The molecule has 1 unspecified atom stereocenters. The van der Waals surface area contributed by atoms with E-state index in [1.54, 1.807) is 0 Å². The van der Waals surface area contributed by atoms with Gasteiger partial charge < -0.3 is 0 Å². The second-order valence-electron chi connectivity index (χ2n) is 3.34. The minimum absolute atomic E-state index is 0.00174. The Morgan fingerprint density at radius 2 is 1.85 bits per heavy atom. The maximum Gasteiger partial charge on any atom is 0.441 e. The summed E-state index contributed by atoms with van der Waals surface area (Å²) in [6.07, 6.45) is 1.50. The third-order valence-corrected chi connectivity index (χ3v) is 4.24. The third-order valence-electron chi connectivity index (χ3n) is 2.15. The highest BCUT2D eigenvalue weighted by Gasteiger charge is 2.29. The lowest BCUT2D eigenvalue weighted by molar-refractivity contribution is -0.0328. The van der Waals surface area contributed by atoms with Gasteiger partial charge >= 0.3 is 5.51 Å². The van der Waals surface area contributed by atoms with E-state index in [9.17, 15) is 13.2 Å². The first kappa shape index (κ1) is 13.6. The summed E-state index contributed by atoms with van der Waals surface area (Å²) in [5.41, 5.74) is -4.08. The van der Waals surface area contributed by atoms with Gasteiger partial charge in [0.25, 0.3) is 0 Å². The molecule has 0 saturated carbocycles. The van der Waals surface area contributed by atoms with Crippen molar-refractivity contribution in [3.05, 3.63) is 0 Å². The summed E-state index contributed by atoms with van der Waals surface area (Å²) in [7, 11) is 0. The lowest BCUT2D eigenvalue weighted by atomic mass is 9.87. The molecule has 0 nitrogen and oxygen atoms in total. The second-order valence-corrected chi connectivity index (χ2v) is 5.06. The van der Waals surface area contributed by atoms with Crippen LogP contribution in [0.3, 0.4) is 0 Å². The number of alkyl halides is 4. The number of hydrogen-bond acceptors (Lipinski definition) is 1. The molecule has 0 aromatic rings. The van der Waals surface area contributed by atoms with Crippen molar-refractivity contribution in [1.82, 2.24) is 0 Å². The number of thioether (sulfide) groups is 1. The molecule has 80 valence electrons. The summed E-state index contributed by atoms with van der Waals surface area (Å²) in [6, 6.07) is 0. The van der Waals surface area contributed by atoms with Gasteiger partial charge in [0.05, 0.1) is 0 Å². The molecule has 13 heavy (non-hydrogen) atoms. The van der Waals surface area contributed by atoms with E-state index >= 15 is 0 Å². The zero-order valence-electron chi connectivity index (χ0n) is 7.75. The first-order valence-corrected chi connectivity index (χ1v) is 6.20. The fourth-order valence-electron chi connectivity index (χ4n) is 0.751. The van der Waals surface area contributed by atoms with Crippen molar-refractivity contribution < 1.29 is 13.2 Å². The van der Waals surface area contributed by atoms with Gasteiger partial charge in [-0.3, -0.25) is 0 Å². The van der Waals surface area contributed by atoms with Crippen molar-refractivity contribution >= 4 is 27.7 Å². The number of rotatable bonds is 5. The molecule has 0 aromatic heterocycles. The first-order chi connectivity index (χ1) is 5.83. The van der Waals surface area contributed by atoms with Crippen LogP contribution in [0.15, 0.2) is 0 Å². The fourth-order valence-corrected chi connectivity index (χ4v) is 2.25. The van der Waals surface area contributed by atoms with Gasteiger partial charge in [0.1, 0.15) is 0 Å². The molecule has 0 rings (SSSR count). The van der Waals surface area contributed by atoms with Crippen LogP contribution in [0.4, 0.5) is 13.2 Å². The Bertz CT molecular complexity index is 143. The predicted molar refractivity (Wildman–Crippen MR) is 55.3 cm³/mol. The molecule has 0 fully saturated rings. The van der Waals surface area contributed by atoms with Gasteiger partial charge in [-0.05, 0) is 18.3 Å². The molecule has 0 aromatic carbocycles. The van der Waals surface area contributed by atoms with Gasteiger partial charge in [0.2, 0.25) is 0 Å². The van der Waals surface area contributed by atoms with E-state index in [2.05, 4.69) is 15.9 Å². The van der Waals surface area contributed by atoms with Crippen LogP contribution in [0.5, 0.6) is 0 Å². The van der Waals surface area contributed by atoms with Gasteiger partial charge in [-0.15, -0.1) is 0 Å². The minimum Gasteiger partial charge on any atom is -0.160 e. The van der Waals surface area contributed by atoms with E-state index in [1.165, 1.54) is 0 Å². The molecule has 0 spiro atoms. The highest BCUT2D eigenvalue weighted by Crippen LogP contribution is 2.35. The number of hydrogen-bond donors (Lipinski definition) is 0. The van der Waals surface area contributed by atoms with E-state index in [1.807, 2.05) is 13.8 Å². The lowest BCUT2D eigenvalue weighted by Crippen LogP contribution is -2.18. The Balaban J connectivity index is 3.74. The zero-order chi connectivity index (χ0) is 10.5. The quantitative estimate of drug-likeness (QED) is 0.670. The van der Waals surface area contributed by atoms with Crippen LogP contribution in [0.1, 0.15) is 26.7 Å². The molecule has 0 aliphatic carbocycles. The smallest absolute Gasteiger partial charge is 0.160 e. The van der Waals surface area contributed by atoms with E-state index in [4.69, 9.17) is 0 Å². The highest BCUT2D eigenvalue weighted by molar-refractivity contribution is 9.09. The molecule has 0 aliphatic rings. The summed E-state index contributed by atoms with van der Waals surface area (Å²) < 4.78 is 35.4. The number of halogens is 4. The molecule has 0 bridgehead atoms. The van der Waals surface area contributed by atoms with E-state index < -0.39 is 5.51 Å². The van der Waals surface area contributed by atoms with Gasteiger partial charge in [0.15, 0.2) is 0 Å². The molecule has 0 saturated heterocycles. The standard InChI is InChI=1S/C8H14BrF3S/c1-3-7(2,6-9)4-5-13-8(10,11)12/h3-6H2,1-2H3. The van der Waals surface area contributed by atoms with E-state index in [0.29, 0.717) is 6.42 Å². The van der Waals surface area contributed by atoms with Crippen molar-refractivity contribution in [2.24, 2.45) is 5.41 Å². The van der Waals surface area contributed by atoms with Crippen molar-refractivity contribution in [3.63, 3.8) is 0 Å². The predicted octanol–water partition coefficient (Wildman–Crippen LogP) is 4.44. The summed E-state index contributed by atoms with van der Waals surface area (Å²) >= 11 is 3.39. The van der Waals surface area contributed by atoms with Crippen molar-refractivity contribution in [2.45, 2.75) is 32.2 Å². The van der Waals surface area contributed by atoms with Crippen molar-refractivity contribution in [1.29, 1.82) is 0 Å². The zero-order valence-corrected chi connectivity index (χ0v) is 10.2. The Morgan fingerprint density at radius 3 is 2.15 bits per heavy atom. The van der Waals surface area contributed by atoms with Crippen LogP contribution >= 0.6 is 27.7 Å². The maximum atomic E-state index is 11.8. The molecule has 0 aliphatic heterocycles. The lowest BCUT2D eigenvalue weighted by Gasteiger charge is -2.25. The molecule has 0 N–H and O–H groups in total.